The van der Waals surface area contributed by atoms with E-state index in [0.717, 1.165) is 25.7 Å². The number of benzene rings is 3. The molecule has 3 aromatic rings. The Balaban J connectivity index is 1.46. The van der Waals surface area contributed by atoms with E-state index in [4.69, 9.17) is 9.47 Å². The Labute approximate surface area is 249 Å². The van der Waals surface area contributed by atoms with Gasteiger partial charge in [-0.2, -0.15) is 0 Å². The maximum atomic E-state index is 12.8. The number of hydrogen-bond acceptors (Lipinski definition) is 4. The molecule has 0 fully saturated rings. The summed E-state index contributed by atoms with van der Waals surface area (Å²) in [5, 5.41) is 0. The third kappa shape index (κ3) is 4.71. The van der Waals surface area contributed by atoms with Crippen LogP contribution in [0, 0.1) is 0 Å². The molecule has 4 nitrogen and oxygen atoms in total. The molecule has 0 saturated heterocycles. The summed E-state index contributed by atoms with van der Waals surface area (Å²) in [4.78, 5) is 25.6. The topological polar surface area (TPSA) is 52.6 Å². The largest absolute Gasteiger partial charge is 0.466 e. The van der Waals surface area contributed by atoms with Gasteiger partial charge in [0.15, 0.2) is 0 Å². The monoisotopic (exact) mass is 560 g/mol. The van der Waals surface area contributed by atoms with E-state index >= 15 is 0 Å². The van der Waals surface area contributed by atoms with Gasteiger partial charge in [-0.25, -0.2) is 0 Å². The van der Waals surface area contributed by atoms with Crippen molar-refractivity contribution < 1.29 is 19.1 Å². The van der Waals surface area contributed by atoms with Crippen LogP contribution in [0.3, 0.4) is 0 Å². The van der Waals surface area contributed by atoms with E-state index in [-0.39, 0.29) is 22.8 Å². The van der Waals surface area contributed by atoms with E-state index < -0.39 is 0 Å². The van der Waals surface area contributed by atoms with Crippen LogP contribution >= 0.6 is 0 Å². The van der Waals surface area contributed by atoms with Crippen molar-refractivity contribution in [1.29, 1.82) is 0 Å². The maximum Gasteiger partial charge on any atom is 0.305 e. The van der Waals surface area contributed by atoms with Crippen molar-refractivity contribution in [2.45, 2.75) is 76.0 Å². The quantitative estimate of drug-likeness (QED) is 0.221. The Bertz CT molecular complexity index is 1520. The van der Waals surface area contributed by atoms with Crippen molar-refractivity contribution in [2.24, 2.45) is 0 Å². The van der Waals surface area contributed by atoms with Gasteiger partial charge in [-0.05, 0) is 96.9 Å². The summed E-state index contributed by atoms with van der Waals surface area (Å²) < 4.78 is 10.8. The third-order valence-electron chi connectivity index (χ3n) is 9.68. The molecule has 1 atom stereocenters. The second-order valence-electron chi connectivity index (χ2n) is 11.7. The van der Waals surface area contributed by atoms with E-state index in [0.29, 0.717) is 38.9 Å². The first-order valence-corrected chi connectivity index (χ1v) is 15.6. The minimum absolute atomic E-state index is 0.142. The highest BCUT2D eigenvalue weighted by atomic mass is 16.5. The zero-order valence-corrected chi connectivity index (χ0v) is 24.8. The molecule has 0 radical (unpaired) electrons. The van der Waals surface area contributed by atoms with Gasteiger partial charge < -0.3 is 9.47 Å². The molecular weight excluding hydrogens is 520 g/mol. The van der Waals surface area contributed by atoms with Gasteiger partial charge in [-0.3, -0.25) is 9.59 Å². The molecule has 0 aliphatic heterocycles. The van der Waals surface area contributed by atoms with Crippen LogP contribution in [0.15, 0.2) is 90.5 Å². The average Bonchev–Trinajstić information content (AvgIpc) is 3.47. The van der Waals surface area contributed by atoms with Gasteiger partial charge in [-0.1, -0.05) is 84.9 Å². The van der Waals surface area contributed by atoms with Gasteiger partial charge in [0.05, 0.1) is 13.2 Å². The summed E-state index contributed by atoms with van der Waals surface area (Å²) in [6, 6.07) is 26.1. The Morgan fingerprint density at radius 2 is 1.05 bits per heavy atom. The molecular formula is C38H40O4. The fourth-order valence-electron chi connectivity index (χ4n) is 7.93. The lowest BCUT2D eigenvalue weighted by atomic mass is 9.64. The summed E-state index contributed by atoms with van der Waals surface area (Å²) in [6.45, 7) is 4.50. The fraction of sp³-hybridized carbons (Fsp3) is 0.368. The molecule has 0 heterocycles. The van der Waals surface area contributed by atoms with Crippen molar-refractivity contribution in [3.8, 4) is 11.1 Å². The van der Waals surface area contributed by atoms with Gasteiger partial charge in [0, 0.05) is 23.7 Å². The van der Waals surface area contributed by atoms with Crippen LogP contribution in [-0.4, -0.2) is 25.2 Å². The molecule has 42 heavy (non-hydrogen) atoms. The lowest BCUT2D eigenvalue weighted by Gasteiger charge is -2.39. The molecule has 3 aliphatic carbocycles. The van der Waals surface area contributed by atoms with Gasteiger partial charge in [0.25, 0.3) is 0 Å². The van der Waals surface area contributed by atoms with Gasteiger partial charge in [0.1, 0.15) is 0 Å². The summed E-state index contributed by atoms with van der Waals surface area (Å²) in [5.74, 6) is -0.293. The second kappa shape index (κ2) is 11.8. The number of hydrogen-bond donors (Lipinski definition) is 0. The number of carbonyl (C=O) groups is 2. The van der Waals surface area contributed by atoms with Gasteiger partial charge in [-0.15, -0.1) is 0 Å². The van der Waals surface area contributed by atoms with E-state index in [1.54, 1.807) is 0 Å². The SMILES string of the molecule is CCOC(=O)CCC1(CCC2(CCC(=O)OCC)c3ccccc3-c3ccccc32)C2=CCCC=C2c2ccccc21. The van der Waals surface area contributed by atoms with E-state index in [1.807, 2.05) is 13.8 Å². The molecule has 3 aliphatic rings. The van der Waals surface area contributed by atoms with Crippen LogP contribution < -0.4 is 0 Å². The molecule has 0 N–H and O–H groups in total. The molecule has 1 unspecified atom stereocenters. The Morgan fingerprint density at radius 3 is 1.62 bits per heavy atom. The van der Waals surface area contributed by atoms with Crippen molar-refractivity contribution in [1.82, 2.24) is 0 Å². The lowest BCUT2D eigenvalue weighted by molar-refractivity contribution is -0.144. The molecule has 0 aromatic heterocycles. The molecule has 0 spiro atoms. The highest BCUT2D eigenvalue weighted by molar-refractivity contribution is 5.91. The lowest BCUT2D eigenvalue weighted by Crippen LogP contribution is -2.33. The number of carbonyl (C=O) groups excluding carboxylic acids is 2. The zero-order valence-electron chi connectivity index (χ0n) is 24.8. The maximum absolute atomic E-state index is 12.8. The van der Waals surface area contributed by atoms with Crippen LogP contribution in [0.4, 0.5) is 0 Å². The predicted molar refractivity (Wildman–Crippen MR) is 167 cm³/mol. The Hall–Kier alpha value is -3.92. The average molecular weight is 561 g/mol. The predicted octanol–water partition coefficient (Wildman–Crippen LogP) is 8.48. The van der Waals surface area contributed by atoms with Crippen molar-refractivity contribution in [3.05, 3.63) is 113 Å². The van der Waals surface area contributed by atoms with Crippen LogP contribution in [0.2, 0.25) is 0 Å². The number of ether oxygens (including phenoxy) is 2. The molecule has 0 saturated carbocycles. The standard InChI is InChI=1S/C38H40O4/c1-3-41-35(39)21-23-37(31-17-9-5-13-27(31)28-14-6-10-18-32(28)37)25-26-38(24-22-36(40)42-4-2)33-19-11-7-15-29(33)30-16-8-12-20-34(30)38/h5-7,9-11,13-20H,3-4,8,12,21-26H2,1-2H3. The van der Waals surface area contributed by atoms with Crippen molar-refractivity contribution >= 4 is 17.5 Å². The Morgan fingerprint density at radius 1 is 0.595 bits per heavy atom. The first-order chi connectivity index (χ1) is 20.5. The van der Waals surface area contributed by atoms with E-state index in [1.165, 1.54) is 44.5 Å². The van der Waals surface area contributed by atoms with Crippen LogP contribution in [-0.2, 0) is 29.9 Å². The number of allylic oxidation sites excluding steroid dienone is 4. The molecule has 0 amide bonds. The molecule has 6 rings (SSSR count). The smallest absolute Gasteiger partial charge is 0.305 e. The first kappa shape index (κ1) is 28.2. The summed E-state index contributed by atoms with van der Waals surface area (Å²) >= 11 is 0. The van der Waals surface area contributed by atoms with Crippen LogP contribution in [0.1, 0.15) is 87.5 Å². The molecule has 0 bridgehead atoms. The first-order valence-electron chi connectivity index (χ1n) is 15.6. The van der Waals surface area contributed by atoms with Gasteiger partial charge >= 0.3 is 11.9 Å². The zero-order chi connectivity index (χ0) is 29.2. The second-order valence-corrected chi connectivity index (χ2v) is 11.7. The highest BCUT2D eigenvalue weighted by Gasteiger charge is 2.49. The normalized spacial score (nSPS) is 19.1. The molecule has 3 aromatic carbocycles. The van der Waals surface area contributed by atoms with E-state index in [2.05, 4.69) is 84.9 Å². The minimum atomic E-state index is -0.340. The number of esters is 2. The van der Waals surface area contributed by atoms with Crippen LogP contribution in [0.5, 0.6) is 0 Å². The summed E-state index contributed by atoms with van der Waals surface area (Å²) in [7, 11) is 0. The number of fused-ring (bicyclic) bond motifs is 6. The van der Waals surface area contributed by atoms with Crippen molar-refractivity contribution in [2.75, 3.05) is 13.2 Å². The molecule has 216 valence electrons. The Kier molecular flexibility index (Phi) is 7.90. The minimum Gasteiger partial charge on any atom is -0.466 e. The third-order valence-corrected chi connectivity index (χ3v) is 9.68. The number of rotatable bonds is 11. The highest BCUT2D eigenvalue weighted by Crippen LogP contribution is 2.60. The summed E-state index contributed by atoms with van der Waals surface area (Å²) in [5.41, 5.74) is 9.73. The fourth-order valence-corrected chi connectivity index (χ4v) is 7.93. The van der Waals surface area contributed by atoms with Crippen LogP contribution in [0.25, 0.3) is 16.7 Å². The molecule has 4 heteroatoms. The summed E-state index contributed by atoms with van der Waals surface area (Å²) in [6.07, 6.45) is 10.7. The van der Waals surface area contributed by atoms with E-state index in [9.17, 15) is 9.59 Å². The van der Waals surface area contributed by atoms with Gasteiger partial charge in [0.2, 0.25) is 0 Å². The van der Waals surface area contributed by atoms with Crippen molar-refractivity contribution in [3.63, 3.8) is 0 Å².